The monoisotopic (exact) mass is 316 g/mol. The van der Waals surface area contributed by atoms with Crippen LogP contribution >= 0.6 is 11.6 Å². The second-order valence-electron chi connectivity index (χ2n) is 4.76. The lowest BCUT2D eigenvalue weighted by Crippen LogP contribution is -2.59. The largest absolute Gasteiger partial charge is 0.486 e. The van der Waals surface area contributed by atoms with E-state index in [1.807, 2.05) is 0 Å². The van der Waals surface area contributed by atoms with Crippen molar-refractivity contribution >= 4 is 17.3 Å². The van der Waals surface area contributed by atoms with E-state index in [2.05, 4.69) is 0 Å². The smallest absolute Gasteiger partial charge is 0.273 e. The Balaban J connectivity index is 2.00. The lowest BCUT2D eigenvalue weighted by Gasteiger charge is -2.41. The van der Waals surface area contributed by atoms with Gasteiger partial charge in [0.25, 0.3) is 5.69 Å². The predicted octanol–water partition coefficient (Wildman–Crippen LogP) is 1.76. The van der Waals surface area contributed by atoms with Crippen LogP contribution in [0.4, 0.5) is 5.69 Å². The topological polar surface area (TPSA) is 96.9 Å². The predicted molar refractivity (Wildman–Crippen MR) is 76.7 cm³/mol. The first-order chi connectivity index (χ1) is 10.0. The van der Waals surface area contributed by atoms with E-state index >= 15 is 0 Å². The highest BCUT2D eigenvalue weighted by atomic mass is 35.5. The second kappa shape index (κ2) is 7.04. The van der Waals surface area contributed by atoms with Gasteiger partial charge in [0, 0.05) is 25.6 Å². The van der Waals surface area contributed by atoms with Crippen molar-refractivity contribution in [2.75, 3.05) is 20.3 Å². The zero-order chi connectivity index (χ0) is 15.4. The van der Waals surface area contributed by atoms with Gasteiger partial charge in [-0.1, -0.05) is 11.6 Å². The number of halogens is 1. The summed E-state index contributed by atoms with van der Waals surface area (Å²) in [5.41, 5.74) is 5.80. The summed E-state index contributed by atoms with van der Waals surface area (Å²) >= 11 is 6.00. The maximum atomic E-state index is 10.8. The third-order valence-electron chi connectivity index (χ3n) is 3.29. The first-order valence-electron chi connectivity index (χ1n) is 6.49. The normalized spacial score (nSPS) is 24.4. The molecule has 3 atom stereocenters. The van der Waals surface area contributed by atoms with Crippen molar-refractivity contribution in [1.82, 2.24) is 0 Å². The molecule has 8 heteroatoms. The summed E-state index contributed by atoms with van der Waals surface area (Å²) in [7, 11) is 1.58. The average molecular weight is 317 g/mol. The van der Waals surface area contributed by atoms with Crippen LogP contribution in [-0.4, -0.2) is 43.5 Å². The minimum atomic E-state index is -0.498. The molecule has 0 amide bonds. The number of non-ortho nitro benzene ring substituents is 1. The number of ether oxygens (including phenoxy) is 3. The van der Waals surface area contributed by atoms with E-state index in [-0.39, 0.29) is 29.7 Å². The number of nitrogens with two attached hydrogens (primary N) is 1. The van der Waals surface area contributed by atoms with Crippen LogP contribution in [0.3, 0.4) is 0 Å². The van der Waals surface area contributed by atoms with Gasteiger partial charge in [0.05, 0.1) is 29.2 Å². The van der Waals surface area contributed by atoms with Gasteiger partial charge in [-0.15, -0.1) is 0 Å². The molecule has 1 saturated carbocycles. The quantitative estimate of drug-likeness (QED) is 0.467. The number of methoxy groups -OCH3 is 1. The summed E-state index contributed by atoms with van der Waals surface area (Å²) in [6.45, 7) is 0.880. The van der Waals surface area contributed by atoms with Crippen molar-refractivity contribution in [3.8, 4) is 5.75 Å². The number of rotatable bonds is 7. The molecule has 0 aromatic heterocycles. The van der Waals surface area contributed by atoms with Gasteiger partial charge in [0.15, 0.2) is 0 Å². The molecule has 7 nitrogen and oxygen atoms in total. The lowest BCUT2D eigenvalue weighted by molar-refractivity contribution is -0.385. The Labute approximate surface area is 127 Å². The minimum Gasteiger partial charge on any atom is -0.486 e. The highest BCUT2D eigenvalue weighted by molar-refractivity contribution is 6.32. The Morgan fingerprint density at radius 3 is 2.86 bits per heavy atom. The number of nitro benzene ring substituents is 1. The molecule has 0 spiro atoms. The molecule has 0 saturated heterocycles. The van der Waals surface area contributed by atoms with Gasteiger partial charge >= 0.3 is 0 Å². The van der Waals surface area contributed by atoms with Crippen molar-refractivity contribution in [2.45, 2.75) is 24.7 Å². The molecular formula is C13H17ClN2O5. The van der Waals surface area contributed by atoms with Gasteiger partial charge in [-0.2, -0.15) is 0 Å². The molecule has 0 aliphatic heterocycles. The van der Waals surface area contributed by atoms with Crippen molar-refractivity contribution in [2.24, 2.45) is 5.73 Å². The fourth-order valence-corrected chi connectivity index (χ4v) is 2.25. The number of benzene rings is 1. The molecule has 0 heterocycles. The number of nitro groups is 1. The van der Waals surface area contributed by atoms with Gasteiger partial charge in [-0.05, 0) is 6.07 Å². The summed E-state index contributed by atoms with van der Waals surface area (Å²) in [4.78, 5) is 10.3. The molecular weight excluding hydrogens is 300 g/mol. The van der Waals surface area contributed by atoms with Crippen molar-refractivity contribution in [1.29, 1.82) is 0 Å². The lowest BCUT2D eigenvalue weighted by atomic mass is 9.86. The zero-order valence-corrected chi connectivity index (χ0v) is 12.3. The summed E-state index contributed by atoms with van der Waals surface area (Å²) < 4.78 is 16.2. The summed E-state index contributed by atoms with van der Waals surface area (Å²) in [6, 6.07) is 3.95. The summed E-state index contributed by atoms with van der Waals surface area (Å²) in [6.07, 6.45) is 0.0725. The zero-order valence-electron chi connectivity index (χ0n) is 11.5. The molecule has 1 fully saturated rings. The Morgan fingerprint density at radius 2 is 2.24 bits per heavy atom. The molecule has 1 aromatic rings. The molecule has 1 aromatic carbocycles. The third-order valence-corrected chi connectivity index (χ3v) is 3.61. The Hall–Kier alpha value is -1.41. The first kappa shape index (κ1) is 16.0. The second-order valence-corrected chi connectivity index (χ2v) is 5.16. The van der Waals surface area contributed by atoms with E-state index in [9.17, 15) is 10.1 Å². The van der Waals surface area contributed by atoms with Crippen LogP contribution in [0.25, 0.3) is 0 Å². The molecule has 3 unspecified atom stereocenters. The van der Waals surface area contributed by atoms with E-state index in [0.29, 0.717) is 24.7 Å². The Bertz CT molecular complexity index is 513. The first-order valence-corrected chi connectivity index (χ1v) is 6.87. The van der Waals surface area contributed by atoms with Gasteiger partial charge in [0.2, 0.25) is 0 Å². The highest BCUT2D eigenvalue weighted by Crippen LogP contribution is 2.34. The van der Waals surface area contributed by atoms with Crippen LogP contribution < -0.4 is 10.5 Å². The number of hydrogen-bond acceptors (Lipinski definition) is 6. The van der Waals surface area contributed by atoms with Crippen molar-refractivity contribution in [3.63, 3.8) is 0 Å². The minimum absolute atomic E-state index is 0.0742. The van der Waals surface area contributed by atoms with E-state index in [1.54, 1.807) is 7.11 Å². The van der Waals surface area contributed by atoms with Crippen LogP contribution in [0, 0.1) is 10.1 Å². The Morgan fingerprint density at radius 1 is 1.48 bits per heavy atom. The SMILES string of the molecule is COCCOC1C(N)CC1Oc1cc([N+](=O)[O-])ccc1Cl. The Kier molecular flexibility index (Phi) is 5.35. The molecule has 1 aliphatic rings. The van der Waals surface area contributed by atoms with E-state index in [1.165, 1.54) is 18.2 Å². The maximum Gasteiger partial charge on any atom is 0.273 e. The van der Waals surface area contributed by atoms with Crippen molar-refractivity contribution < 1.29 is 19.1 Å². The number of nitrogens with zero attached hydrogens (tertiary/aromatic N) is 1. The molecule has 0 radical (unpaired) electrons. The van der Waals surface area contributed by atoms with Gasteiger partial charge in [-0.25, -0.2) is 0 Å². The number of hydrogen-bond donors (Lipinski definition) is 1. The van der Waals surface area contributed by atoms with E-state index < -0.39 is 4.92 Å². The van der Waals surface area contributed by atoms with E-state index in [0.717, 1.165) is 0 Å². The van der Waals surface area contributed by atoms with Crippen molar-refractivity contribution in [3.05, 3.63) is 33.3 Å². The van der Waals surface area contributed by atoms with Gasteiger partial charge < -0.3 is 19.9 Å². The molecule has 1 aliphatic carbocycles. The van der Waals surface area contributed by atoms with E-state index in [4.69, 9.17) is 31.5 Å². The third kappa shape index (κ3) is 3.82. The molecule has 2 N–H and O–H groups in total. The molecule has 21 heavy (non-hydrogen) atoms. The maximum absolute atomic E-state index is 10.8. The van der Waals surface area contributed by atoms with Crippen LogP contribution in [0.2, 0.25) is 5.02 Å². The molecule has 0 bridgehead atoms. The van der Waals surface area contributed by atoms with Gasteiger partial charge in [-0.3, -0.25) is 10.1 Å². The summed E-state index contributed by atoms with van der Waals surface area (Å²) in [5.74, 6) is 0.267. The fourth-order valence-electron chi connectivity index (χ4n) is 2.09. The van der Waals surface area contributed by atoms with Crippen LogP contribution in [0.1, 0.15) is 6.42 Å². The molecule has 116 valence electrons. The highest BCUT2D eigenvalue weighted by Gasteiger charge is 2.42. The standard InChI is InChI=1S/C13H17ClN2O5/c1-19-4-5-20-13-10(15)7-12(13)21-11-6-8(16(17)18)2-3-9(11)14/h2-3,6,10,12-13H,4-5,7,15H2,1H3. The van der Waals surface area contributed by atoms with Gasteiger partial charge in [0.1, 0.15) is 18.0 Å². The van der Waals surface area contributed by atoms with Crippen LogP contribution in [0.15, 0.2) is 18.2 Å². The van der Waals surface area contributed by atoms with Crippen LogP contribution in [0.5, 0.6) is 5.75 Å². The summed E-state index contributed by atoms with van der Waals surface area (Å²) in [5, 5.41) is 11.1. The molecule has 2 rings (SSSR count). The fraction of sp³-hybridized carbons (Fsp3) is 0.538. The average Bonchev–Trinajstić information content (AvgIpc) is 2.44. The van der Waals surface area contributed by atoms with Crippen LogP contribution in [-0.2, 0) is 9.47 Å².